The minimum atomic E-state index is 0.201. The Morgan fingerprint density at radius 3 is 2.50 bits per heavy atom. The van der Waals surface area contributed by atoms with Crippen LogP contribution < -0.4 is 0 Å². The molecular weight excluding hydrogens is 100 g/mol. The molecule has 0 spiro atoms. The lowest BCUT2D eigenvalue weighted by molar-refractivity contribution is -0.111. The van der Waals surface area contributed by atoms with Crippen molar-refractivity contribution in [2.45, 2.75) is 19.8 Å². The Balaban J connectivity index is 3.35. The Morgan fingerprint density at radius 1 is 1.75 bits per heavy atom. The summed E-state index contributed by atoms with van der Waals surface area (Å²) in [7, 11) is 0. The van der Waals surface area contributed by atoms with Gasteiger partial charge in [0.1, 0.15) is 6.29 Å². The van der Waals surface area contributed by atoms with Crippen LogP contribution in [0.15, 0.2) is 12.7 Å². The van der Waals surface area contributed by atoms with Crippen LogP contribution in [0.4, 0.5) is 0 Å². The summed E-state index contributed by atoms with van der Waals surface area (Å²) < 4.78 is 0. The highest BCUT2D eigenvalue weighted by Gasteiger charge is 1.98. The van der Waals surface area contributed by atoms with E-state index in [-0.39, 0.29) is 5.92 Å². The molecule has 0 aliphatic carbocycles. The van der Waals surface area contributed by atoms with Crippen molar-refractivity contribution < 1.29 is 4.79 Å². The van der Waals surface area contributed by atoms with Gasteiger partial charge in [0.2, 0.25) is 0 Å². The van der Waals surface area contributed by atoms with Gasteiger partial charge in [0.15, 0.2) is 0 Å². The molecule has 0 N–H and O–H groups in total. The van der Waals surface area contributed by atoms with Crippen molar-refractivity contribution in [2.24, 2.45) is 5.92 Å². The largest absolute Gasteiger partial charge is 0.303 e. The zero-order valence-corrected chi connectivity index (χ0v) is 5.26. The molecular formula is C7H12O. The standard InChI is InChI=1S/C7H12O/c1-3-5-7(4-2)6-8/h3,6-7H,1,4-5H2,2H3. The Hall–Kier alpha value is -0.590. The van der Waals surface area contributed by atoms with Crippen molar-refractivity contribution in [2.75, 3.05) is 0 Å². The third kappa shape index (κ3) is 2.56. The number of hydrogen-bond donors (Lipinski definition) is 0. The van der Waals surface area contributed by atoms with Gasteiger partial charge in [-0.15, -0.1) is 6.58 Å². The molecule has 0 amide bonds. The number of hydrogen-bond acceptors (Lipinski definition) is 1. The molecule has 0 heterocycles. The van der Waals surface area contributed by atoms with Crippen molar-refractivity contribution in [3.05, 3.63) is 12.7 Å². The molecule has 0 bridgehead atoms. The van der Waals surface area contributed by atoms with Gasteiger partial charge in [-0.3, -0.25) is 0 Å². The maximum absolute atomic E-state index is 10.1. The van der Waals surface area contributed by atoms with Crippen LogP contribution in [0.5, 0.6) is 0 Å². The highest BCUT2D eigenvalue weighted by molar-refractivity contribution is 5.53. The van der Waals surface area contributed by atoms with Crippen molar-refractivity contribution in [1.29, 1.82) is 0 Å². The number of aldehydes is 1. The lowest BCUT2D eigenvalue weighted by atomic mass is 10.1. The first kappa shape index (κ1) is 7.41. The summed E-state index contributed by atoms with van der Waals surface area (Å²) in [6.45, 7) is 5.54. The molecule has 0 aliphatic heterocycles. The topological polar surface area (TPSA) is 17.1 Å². The second-order valence-corrected chi connectivity index (χ2v) is 1.83. The molecule has 0 aromatic heterocycles. The van der Waals surface area contributed by atoms with E-state index in [1.807, 2.05) is 6.92 Å². The van der Waals surface area contributed by atoms with Gasteiger partial charge >= 0.3 is 0 Å². The first-order chi connectivity index (χ1) is 3.85. The van der Waals surface area contributed by atoms with E-state index in [0.29, 0.717) is 0 Å². The summed E-state index contributed by atoms with van der Waals surface area (Å²) in [5, 5.41) is 0. The van der Waals surface area contributed by atoms with E-state index in [1.165, 1.54) is 0 Å². The Bertz CT molecular complexity index is 76.5. The predicted molar refractivity (Wildman–Crippen MR) is 34.7 cm³/mol. The highest BCUT2D eigenvalue weighted by atomic mass is 16.1. The van der Waals surface area contributed by atoms with E-state index < -0.39 is 0 Å². The summed E-state index contributed by atoms with van der Waals surface area (Å²) in [5.41, 5.74) is 0. The van der Waals surface area contributed by atoms with Crippen LogP contribution in [0.2, 0.25) is 0 Å². The van der Waals surface area contributed by atoms with Crippen LogP contribution in [-0.4, -0.2) is 6.29 Å². The van der Waals surface area contributed by atoms with Crippen LogP contribution in [0, 0.1) is 5.92 Å². The van der Waals surface area contributed by atoms with E-state index in [1.54, 1.807) is 6.08 Å². The van der Waals surface area contributed by atoms with Crippen molar-refractivity contribution >= 4 is 6.29 Å². The summed E-state index contributed by atoms with van der Waals surface area (Å²) in [6.07, 6.45) is 4.51. The van der Waals surface area contributed by atoms with Crippen molar-refractivity contribution in [3.8, 4) is 0 Å². The molecule has 46 valence electrons. The molecule has 0 radical (unpaired) electrons. The average Bonchev–Trinajstić information content (AvgIpc) is 1.83. The molecule has 0 aromatic carbocycles. The fourth-order valence-corrected chi connectivity index (χ4v) is 0.533. The van der Waals surface area contributed by atoms with Gasteiger partial charge in [-0.05, 0) is 12.8 Å². The molecule has 1 unspecified atom stereocenters. The summed E-state index contributed by atoms with van der Waals surface area (Å²) >= 11 is 0. The first-order valence-corrected chi connectivity index (χ1v) is 2.91. The fourth-order valence-electron chi connectivity index (χ4n) is 0.533. The quantitative estimate of drug-likeness (QED) is 0.400. The van der Waals surface area contributed by atoms with Gasteiger partial charge in [-0.2, -0.15) is 0 Å². The van der Waals surface area contributed by atoms with Crippen molar-refractivity contribution in [3.63, 3.8) is 0 Å². The van der Waals surface area contributed by atoms with Gasteiger partial charge in [-0.25, -0.2) is 0 Å². The SMILES string of the molecule is C=CCC(C=O)CC. The summed E-state index contributed by atoms with van der Waals surface area (Å²) in [4.78, 5) is 10.1. The van der Waals surface area contributed by atoms with E-state index in [9.17, 15) is 4.79 Å². The number of rotatable bonds is 4. The Morgan fingerprint density at radius 2 is 2.38 bits per heavy atom. The van der Waals surface area contributed by atoms with E-state index >= 15 is 0 Å². The molecule has 0 fully saturated rings. The van der Waals surface area contributed by atoms with Crippen LogP contribution in [-0.2, 0) is 4.79 Å². The molecule has 8 heavy (non-hydrogen) atoms. The summed E-state index contributed by atoms with van der Waals surface area (Å²) in [6, 6.07) is 0. The van der Waals surface area contributed by atoms with Crippen molar-refractivity contribution in [1.82, 2.24) is 0 Å². The lowest BCUT2D eigenvalue weighted by Gasteiger charge is -1.98. The first-order valence-electron chi connectivity index (χ1n) is 2.91. The van der Waals surface area contributed by atoms with E-state index in [2.05, 4.69) is 6.58 Å². The molecule has 0 saturated carbocycles. The van der Waals surface area contributed by atoms with E-state index in [0.717, 1.165) is 19.1 Å². The Labute approximate surface area is 50.4 Å². The van der Waals surface area contributed by atoms with E-state index in [4.69, 9.17) is 0 Å². The van der Waals surface area contributed by atoms with Gasteiger partial charge in [0.25, 0.3) is 0 Å². The van der Waals surface area contributed by atoms with Crippen LogP contribution in [0.25, 0.3) is 0 Å². The van der Waals surface area contributed by atoms with Gasteiger partial charge < -0.3 is 4.79 Å². The molecule has 0 aliphatic rings. The maximum atomic E-state index is 10.1. The maximum Gasteiger partial charge on any atom is 0.123 e. The zero-order chi connectivity index (χ0) is 6.41. The van der Waals surface area contributed by atoms with Gasteiger partial charge in [0, 0.05) is 5.92 Å². The molecule has 1 atom stereocenters. The van der Waals surface area contributed by atoms with Crippen LogP contribution >= 0.6 is 0 Å². The monoisotopic (exact) mass is 112 g/mol. The number of allylic oxidation sites excluding steroid dienone is 1. The Kier molecular flexibility index (Phi) is 4.23. The highest BCUT2D eigenvalue weighted by Crippen LogP contribution is 2.03. The smallest absolute Gasteiger partial charge is 0.123 e. The van der Waals surface area contributed by atoms with Gasteiger partial charge in [-0.1, -0.05) is 13.0 Å². The second kappa shape index (κ2) is 4.57. The molecule has 1 nitrogen and oxygen atoms in total. The van der Waals surface area contributed by atoms with Crippen LogP contribution in [0.3, 0.4) is 0 Å². The number of carbonyl (C=O) groups excluding carboxylic acids is 1. The minimum absolute atomic E-state index is 0.201. The van der Waals surface area contributed by atoms with Gasteiger partial charge in [0.05, 0.1) is 0 Å². The molecule has 0 rings (SSSR count). The molecule has 1 heteroatoms. The fraction of sp³-hybridized carbons (Fsp3) is 0.571. The van der Waals surface area contributed by atoms with Crippen LogP contribution in [0.1, 0.15) is 19.8 Å². The minimum Gasteiger partial charge on any atom is -0.303 e. The predicted octanol–water partition coefficient (Wildman–Crippen LogP) is 1.79. The average molecular weight is 112 g/mol. The third-order valence-corrected chi connectivity index (χ3v) is 1.19. The zero-order valence-electron chi connectivity index (χ0n) is 5.26. The summed E-state index contributed by atoms with van der Waals surface area (Å²) in [5.74, 6) is 0.201. The number of carbonyl (C=O) groups is 1. The molecule has 0 saturated heterocycles. The third-order valence-electron chi connectivity index (χ3n) is 1.19. The molecule has 0 aromatic rings. The second-order valence-electron chi connectivity index (χ2n) is 1.83. The lowest BCUT2D eigenvalue weighted by Crippen LogP contribution is -1.96. The normalized spacial score (nSPS) is 12.6.